The highest BCUT2D eigenvalue weighted by atomic mass is 79.9. The molecule has 0 amide bonds. The predicted molar refractivity (Wildman–Crippen MR) is 173 cm³/mol. The first-order chi connectivity index (χ1) is 19.0. The van der Waals surface area contributed by atoms with E-state index in [1.54, 1.807) is 24.5 Å². The fourth-order valence-corrected chi connectivity index (χ4v) is 4.36. The number of pyridine rings is 2. The number of nitrogen functional groups attached to an aromatic ring is 2. The van der Waals surface area contributed by atoms with E-state index in [1.165, 1.54) is 0 Å². The molecule has 3 aliphatic heterocycles. The van der Waals surface area contributed by atoms with Crippen molar-refractivity contribution in [2.75, 3.05) is 11.5 Å². The van der Waals surface area contributed by atoms with Gasteiger partial charge in [0.05, 0.1) is 33.6 Å². The minimum Gasteiger partial charge on any atom is -0.405 e. The summed E-state index contributed by atoms with van der Waals surface area (Å²) in [6.45, 7) is 24.3. The van der Waals surface area contributed by atoms with Crippen LogP contribution < -0.4 is 16.9 Å². The van der Waals surface area contributed by atoms with Crippen molar-refractivity contribution in [2.45, 2.75) is 117 Å². The molecular formula is C28H46B3BrN4O6. The van der Waals surface area contributed by atoms with Crippen molar-refractivity contribution in [1.29, 1.82) is 0 Å². The molecule has 3 fully saturated rings. The Labute approximate surface area is 260 Å². The van der Waals surface area contributed by atoms with Gasteiger partial charge in [-0.3, -0.25) is 0 Å². The predicted octanol–water partition coefficient (Wildman–Crippen LogP) is 4.64. The van der Waals surface area contributed by atoms with Gasteiger partial charge < -0.3 is 39.4 Å². The van der Waals surface area contributed by atoms with Crippen LogP contribution in [0.1, 0.15) is 83.1 Å². The van der Waals surface area contributed by atoms with Crippen molar-refractivity contribution in [3.8, 4) is 0 Å². The monoisotopic (exact) mass is 646 g/mol. The molecule has 0 aliphatic carbocycles. The molecule has 0 aromatic carbocycles. The highest BCUT2D eigenvalue weighted by Crippen LogP contribution is 2.43. The third-order valence-electron chi connectivity index (χ3n) is 8.84. The molecule has 0 unspecified atom stereocenters. The van der Waals surface area contributed by atoms with E-state index in [-0.39, 0.29) is 40.7 Å². The molecule has 0 saturated carbocycles. The zero-order valence-electron chi connectivity index (χ0n) is 27.1. The van der Waals surface area contributed by atoms with Crippen molar-refractivity contribution in [3.05, 3.63) is 41.1 Å². The quantitative estimate of drug-likeness (QED) is 0.445. The summed E-state index contributed by atoms with van der Waals surface area (Å²) in [7, 11) is -1.32. The van der Waals surface area contributed by atoms with Crippen LogP contribution in [0, 0.1) is 0 Å². The molecule has 2 aromatic rings. The van der Waals surface area contributed by atoms with Crippen LogP contribution in [0.2, 0.25) is 0 Å². The first-order valence-corrected chi connectivity index (χ1v) is 14.9. The largest absolute Gasteiger partial charge is 0.495 e. The summed E-state index contributed by atoms with van der Waals surface area (Å²) in [4.78, 5) is 7.74. The van der Waals surface area contributed by atoms with Gasteiger partial charge in [-0.05, 0) is 113 Å². The summed E-state index contributed by atoms with van der Waals surface area (Å²) in [6.07, 6.45) is 3.31. The van der Waals surface area contributed by atoms with Gasteiger partial charge in [-0.25, -0.2) is 9.97 Å². The summed E-state index contributed by atoms with van der Waals surface area (Å²) in [5.41, 5.74) is 9.78. The van der Waals surface area contributed by atoms with Gasteiger partial charge in [-0.2, -0.15) is 0 Å². The van der Waals surface area contributed by atoms with E-state index in [0.29, 0.717) is 11.6 Å². The highest BCUT2D eigenvalue weighted by Gasteiger charge is 2.63. The molecule has 3 aliphatic rings. The van der Waals surface area contributed by atoms with Crippen LogP contribution in [0.4, 0.5) is 11.6 Å². The molecule has 230 valence electrons. The van der Waals surface area contributed by atoms with Gasteiger partial charge >= 0.3 is 21.1 Å². The van der Waals surface area contributed by atoms with Gasteiger partial charge in [0.1, 0.15) is 11.6 Å². The molecule has 0 bridgehead atoms. The molecular weight excluding hydrogens is 601 g/mol. The summed E-state index contributed by atoms with van der Waals surface area (Å²) >= 11 is 3.24. The van der Waals surface area contributed by atoms with Crippen molar-refractivity contribution in [1.82, 2.24) is 9.97 Å². The fourth-order valence-electron chi connectivity index (χ4n) is 4.01. The Morgan fingerprint density at radius 2 is 0.881 bits per heavy atom. The second-order valence-electron chi connectivity index (χ2n) is 13.8. The molecule has 3 saturated heterocycles. The van der Waals surface area contributed by atoms with Crippen molar-refractivity contribution in [3.63, 3.8) is 0 Å². The van der Waals surface area contributed by atoms with Crippen molar-refractivity contribution in [2.24, 2.45) is 0 Å². The third-order valence-corrected chi connectivity index (χ3v) is 9.33. The van der Waals surface area contributed by atoms with Gasteiger partial charge in [0, 0.05) is 16.9 Å². The first-order valence-electron chi connectivity index (χ1n) is 14.1. The van der Waals surface area contributed by atoms with Crippen LogP contribution in [0.15, 0.2) is 41.1 Å². The first kappa shape index (κ1) is 34.8. The zero-order valence-corrected chi connectivity index (χ0v) is 28.7. The van der Waals surface area contributed by atoms with Gasteiger partial charge in [0.2, 0.25) is 0 Å². The number of anilines is 2. The minimum absolute atomic E-state index is 0.324. The molecule has 0 atom stereocenters. The maximum Gasteiger partial charge on any atom is 0.495 e. The third kappa shape index (κ3) is 7.69. The van der Waals surface area contributed by atoms with Gasteiger partial charge in [0.15, 0.2) is 0 Å². The van der Waals surface area contributed by atoms with Gasteiger partial charge in [-0.1, -0.05) is 15.9 Å². The average molecular weight is 647 g/mol. The molecule has 2 aromatic heterocycles. The van der Waals surface area contributed by atoms with Crippen LogP contribution in [-0.2, 0) is 27.9 Å². The summed E-state index contributed by atoms with van der Waals surface area (Å²) < 4.78 is 36.6. The Kier molecular flexibility index (Phi) is 9.97. The Balaban J connectivity index is 0.000000185. The number of aromatic nitrogens is 2. The second-order valence-corrected chi connectivity index (χ2v) is 14.7. The van der Waals surface area contributed by atoms with Crippen molar-refractivity contribution >= 4 is 54.2 Å². The van der Waals surface area contributed by atoms with Gasteiger partial charge in [0.25, 0.3) is 0 Å². The fraction of sp³-hybridized carbons (Fsp3) is 0.643. The zero-order chi connectivity index (χ0) is 31.9. The van der Waals surface area contributed by atoms with E-state index in [0.717, 1.165) is 9.94 Å². The topological polar surface area (TPSA) is 133 Å². The SMILES string of the molecule is CC1(C)OB(B2OC(C)(C)C(C)(C)O2)OC1(C)C.CC1(C)OB(c2ccnc(N)c2)OC1(C)C.Nc1cc(Br)ccn1. The minimum atomic E-state index is -0.476. The van der Waals surface area contributed by atoms with Gasteiger partial charge in [-0.15, -0.1) is 0 Å². The highest BCUT2D eigenvalue weighted by molar-refractivity contribution is 9.10. The number of rotatable bonds is 2. The lowest BCUT2D eigenvalue weighted by Gasteiger charge is -2.32. The van der Waals surface area contributed by atoms with E-state index in [4.69, 9.17) is 39.4 Å². The van der Waals surface area contributed by atoms with Crippen LogP contribution in [0.25, 0.3) is 0 Å². The molecule has 0 spiro atoms. The molecule has 0 radical (unpaired) electrons. The maximum atomic E-state index is 5.96. The van der Waals surface area contributed by atoms with Crippen molar-refractivity contribution < 1.29 is 27.9 Å². The standard InChI is InChI=1S/C12H24B2O4.C11H17BN2O2.C5H5BrN2/c1-9(2)10(3,4)16-13(15-9)14-17-11(5,6)12(7,8)18-14;1-10(2)11(3,4)16-12(15-10)8-5-6-14-9(13)7-8;6-4-1-2-8-5(7)3-4/h1-8H3;5-7H,1-4H3,(H2,13,14);1-3H,(H2,7,8). The Morgan fingerprint density at radius 3 is 1.19 bits per heavy atom. The number of nitrogens with two attached hydrogens (primary N) is 2. The van der Waals surface area contributed by atoms with Crippen LogP contribution in [0.5, 0.6) is 0 Å². The number of nitrogens with zero attached hydrogens (tertiary/aromatic N) is 2. The normalized spacial score (nSPS) is 24.0. The lowest BCUT2D eigenvalue weighted by Crippen LogP contribution is -2.41. The summed E-state index contributed by atoms with van der Waals surface area (Å²) in [6, 6.07) is 7.22. The number of halogens is 1. The Hall–Kier alpha value is -1.67. The summed E-state index contributed by atoms with van der Waals surface area (Å²) in [5, 5.41) is 0. The summed E-state index contributed by atoms with van der Waals surface area (Å²) in [5.74, 6) is 1.02. The lowest BCUT2D eigenvalue weighted by atomic mass is 9.49. The van der Waals surface area contributed by atoms with Crippen LogP contribution in [-0.4, -0.2) is 64.7 Å². The van der Waals surface area contributed by atoms with E-state index >= 15 is 0 Å². The molecule has 4 N–H and O–H groups in total. The average Bonchev–Trinajstić information content (AvgIpc) is 3.28. The van der Waals surface area contributed by atoms with Crippen LogP contribution in [0.3, 0.4) is 0 Å². The Morgan fingerprint density at radius 1 is 0.548 bits per heavy atom. The van der Waals surface area contributed by atoms with Crippen LogP contribution >= 0.6 is 15.9 Å². The molecule has 5 rings (SSSR count). The van der Waals surface area contributed by atoms with E-state index in [1.807, 2.05) is 95.2 Å². The van der Waals surface area contributed by atoms with E-state index in [9.17, 15) is 0 Å². The maximum absolute atomic E-state index is 5.96. The molecule has 5 heterocycles. The molecule has 42 heavy (non-hydrogen) atoms. The Bertz CT molecular complexity index is 1150. The lowest BCUT2D eigenvalue weighted by molar-refractivity contribution is 0.00578. The second kappa shape index (κ2) is 12.0. The number of hydrogen-bond acceptors (Lipinski definition) is 10. The molecule has 14 heteroatoms. The smallest absolute Gasteiger partial charge is 0.405 e. The van der Waals surface area contributed by atoms with E-state index < -0.39 is 14.0 Å². The number of hydrogen-bond donors (Lipinski definition) is 2. The molecule has 10 nitrogen and oxygen atoms in total. The van der Waals surface area contributed by atoms with E-state index in [2.05, 4.69) is 25.9 Å².